The van der Waals surface area contributed by atoms with Crippen LogP contribution >= 0.6 is 0 Å². The smallest absolute Gasteiger partial charge is 0.104 e. The maximum absolute atomic E-state index is 4.51. The first kappa shape index (κ1) is 13.4. The number of hydrogen-bond acceptors (Lipinski definition) is 2. The van der Waals surface area contributed by atoms with Gasteiger partial charge in [-0.25, -0.2) is 0 Å². The zero-order valence-corrected chi connectivity index (χ0v) is 12.4. The lowest BCUT2D eigenvalue weighted by Gasteiger charge is -2.01. The Kier molecular flexibility index (Phi) is 3.41. The van der Waals surface area contributed by atoms with Crippen LogP contribution in [-0.2, 0) is 0 Å². The van der Waals surface area contributed by atoms with Crippen molar-refractivity contribution in [1.29, 1.82) is 0 Å². The van der Waals surface area contributed by atoms with Gasteiger partial charge < -0.3 is 0 Å². The third-order valence-corrected chi connectivity index (χ3v) is 3.66. The van der Waals surface area contributed by atoms with Crippen molar-refractivity contribution in [2.24, 2.45) is 0 Å². The van der Waals surface area contributed by atoms with Crippen molar-refractivity contribution < 1.29 is 4.68 Å². The predicted molar refractivity (Wildman–Crippen MR) is 88.3 cm³/mol. The molecule has 0 aliphatic rings. The van der Waals surface area contributed by atoms with Crippen LogP contribution in [0.5, 0.6) is 0 Å². The van der Waals surface area contributed by atoms with E-state index in [0.717, 1.165) is 16.9 Å². The van der Waals surface area contributed by atoms with Crippen LogP contribution in [0.2, 0.25) is 0 Å². The Morgan fingerprint density at radius 1 is 0.696 bits per heavy atom. The molecule has 4 heteroatoms. The van der Waals surface area contributed by atoms with E-state index in [9.17, 15) is 0 Å². The minimum Gasteiger partial charge on any atom is -0.104 e. The summed E-state index contributed by atoms with van der Waals surface area (Å²) in [5, 5.41) is 8.87. The minimum absolute atomic E-state index is 0.932. The molecule has 1 aromatic heterocycles. The van der Waals surface area contributed by atoms with Crippen molar-refractivity contribution >= 4 is 0 Å². The average Bonchev–Trinajstić information content (AvgIpc) is 3.14. The molecule has 23 heavy (non-hydrogen) atoms. The normalized spacial score (nSPS) is 10.6. The van der Waals surface area contributed by atoms with Crippen molar-refractivity contribution in [3.05, 3.63) is 91.3 Å². The summed E-state index contributed by atoms with van der Waals surface area (Å²) in [6, 6.07) is 28.4. The molecule has 0 radical (unpaired) electrons. The van der Waals surface area contributed by atoms with E-state index < -0.39 is 0 Å². The van der Waals surface area contributed by atoms with Crippen molar-refractivity contribution in [1.82, 2.24) is 15.1 Å². The first-order valence-electron chi connectivity index (χ1n) is 7.46. The van der Waals surface area contributed by atoms with Gasteiger partial charge >= 0.3 is 0 Å². The van der Waals surface area contributed by atoms with Gasteiger partial charge in [-0.2, -0.15) is 0 Å². The summed E-state index contributed by atoms with van der Waals surface area (Å²) in [4.78, 5) is 1.64. The summed E-state index contributed by atoms with van der Waals surface area (Å²) in [6.45, 7) is 0. The van der Waals surface area contributed by atoms with Crippen LogP contribution in [0.1, 0.15) is 0 Å². The van der Waals surface area contributed by atoms with Gasteiger partial charge in [0.15, 0.2) is 5.69 Å². The van der Waals surface area contributed by atoms with Crippen molar-refractivity contribution in [3.8, 4) is 22.5 Å². The molecule has 4 nitrogen and oxygen atoms in total. The lowest BCUT2D eigenvalue weighted by molar-refractivity contribution is -0.661. The van der Waals surface area contributed by atoms with Gasteiger partial charge in [-0.3, -0.25) is 0 Å². The maximum Gasteiger partial charge on any atom is 0.291 e. The number of nitrogens with zero attached hydrogens (tertiary/aromatic N) is 4. The molecule has 0 saturated carbocycles. The van der Waals surface area contributed by atoms with Gasteiger partial charge in [-0.1, -0.05) is 60.7 Å². The van der Waals surface area contributed by atoms with Gasteiger partial charge in [0.2, 0.25) is 0 Å². The Morgan fingerprint density at radius 2 is 1.39 bits per heavy atom. The molecule has 0 saturated heterocycles. The second-order valence-electron chi connectivity index (χ2n) is 5.21. The van der Waals surface area contributed by atoms with Crippen molar-refractivity contribution in [2.75, 3.05) is 0 Å². The molecule has 4 rings (SSSR count). The molecule has 0 bridgehead atoms. The van der Waals surface area contributed by atoms with Crippen LogP contribution in [0.25, 0.3) is 22.5 Å². The molecule has 110 valence electrons. The maximum atomic E-state index is 4.51. The molecule has 0 fully saturated rings. The van der Waals surface area contributed by atoms with Crippen molar-refractivity contribution in [3.63, 3.8) is 0 Å². The van der Waals surface area contributed by atoms with Crippen LogP contribution in [0, 0.1) is 0 Å². The number of aromatic nitrogens is 4. The van der Waals surface area contributed by atoms with E-state index in [4.69, 9.17) is 0 Å². The van der Waals surface area contributed by atoms with Gasteiger partial charge in [0, 0.05) is 4.80 Å². The summed E-state index contributed by atoms with van der Waals surface area (Å²) < 4.78 is 1.76. The summed E-state index contributed by atoms with van der Waals surface area (Å²) in [6.07, 6.45) is 1.71. The van der Waals surface area contributed by atoms with E-state index in [-0.39, 0.29) is 0 Å². The molecule has 0 N–H and O–H groups in total. The molecule has 4 aromatic rings. The molecule has 0 aliphatic carbocycles. The van der Waals surface area contributed by atoms with Gasteiger partial charge in [-0.15, -0.1) is 4.68 Å². The van der Waals surface area contributed by atoms with E-state index in [1.165, 1.54) is 5.56 Å². The highest BCUT2D eigenvalue weighted by Gasteiger charge is 2.12. The Balaban J connectivity index is 1.71. The highest BCUT2D eigenvalue weighted by molar-refractivity contribution is 5.65. The number of benzene rings is 3. The topological polar surface area (TPSA) is 34.6 Å². The molecular formula is C19H15N4+. The Bertz CT molecular complexity index is 914. The van der Waals surface area contributed by atoms with Gasteiger partial charge in [0.05, 0.1) is 10.3 Å². The average molecular weight is 299 g/mol. The molecule has 0 unspecified atom stereocenters. The van der Waals surface area contributed by atoms with Crippen LogP contribution < -0.4 is 4.68 Å². The largest absolute Gasteiger partial charge is 0.291 e. The van der Waals surface area contributed by atoms with Gasteiger partial charge in [0.25, 0.3) is 6.33 Å². The number of para-hydroxylation sites is 1. The van der Waals surface area contributed by atoms with Crippen LogP contribution in [0.4, 0.5) is 0 Å². The first-order chi connectivity index (χ1) is 11.4. The Hall–Kier alpha value is -3.27. The third-order valence-electron chi connectivity index (χ3n) is 3.66. The summed E-state index contributed by atoms with van der Waals surface area (Å²) >= 11 is 0. The second-order valence-corrected chi connectivity index (χ2v) is 5.21. The number of tetrazole rings is 1. The zero-order valence-electron chi connectivity index (χ0n) is 12.4. The fourth-order valence-electron chi connectivity index (χ4n) is 2.49. The molecule has 0 spiro atoms. The molecule has 1 heterocycles. The predicted octanol–water partition coefficient (Wildman–Crippen LogP) is 3.21. The van der Waals surface area contributed by atoms with E-state index in [2.05, 4.69) is 34.6 Å². The Labute approximate surface area is 134 Å². The molecule has 0 aliphatic heterocycles. The van der Waals surface area contributed by atoms with Crippen LogP contribution in [0.15, 0.2) is 91.3 Å². The van der Waals surface area contributed by atoms with E-state index >= 15 is 0 Å². The second kappa shape index (κ2) is 5.85. The quantitative estimate of drug-likeness (QED) is 0.544. The standard InChI is InChI=1S/C19H15N4/c1-3-8-16(9-4-1)17-10-7-13-19(14-17)23-20-15-22(21-23)18-11-5-2-6-12-18/h1-15H/q+1. The minimum atomic E-state index is 0.932. The fraction of sp³-hybridized carbons (Fsp3) is 0. The lowest BCUT2D eigenvalue weighted by atomic mass is 10.1. The number of hydrogen-bond donors (Lipinski definition) is 0. The number of rotatable bonds is 3. The van der Waals surface area contributed by atoms with Crippen LogP contribution in [-0.4, -0.2) is 15.1 Å². The van der Waals surface area contributed by atoms with Crippen LogP contribution in [0.3, 0.4) is 0 Å². The van der Waals surface area contributed by atoms with E-state index in [1.807, 2.05) is 60.7 Å². The van der Waals surface area contributed by atoms with E-state index in [0.29, 0.717) is 0 Å². The monoisotopic (exact) mass is 299 g/mol. The van der Waals surface area contributed by atoms with Gasteiger partial charge in [-0.05, 0) is 35.4 Å². The summed E-state index contributed by atoms with van der Waals surface area (Å²) in [5.41, 5.74) is 4.24. The van der Waals surface area contributed by atoms with E-state index in [1.54, 1.807) is 15.8 Å². The van der Waals surface area contributed by atoms with Gasteiger partial charge in [0.1, 0.15) is 5.69 Å². The molecule has 0 atom stereocenters. The fourth-order valence-corrected chi connectivity index (χ4v) is 2.49. The molecule has 3 aromatic carbocycles. The molecule has 0 amide bonds. The summed E-state index contributed by atoms with van der Waals surface area (Å²) in [5.74, 6) is 0. The Morgan fingerprint density at radius 3 is 2.17 bits per heavy atom. The zero-order chi connectivity index (χ0) is 15.5. The SMILES string of the molecule is c1ccc(-c2cccc(-n3nc[n+](-c4ccccc4)n3)c2)cc1. The highest BCUT2D eigenvalue weighted by atomic mass is 15.6. The molecular weight excluding hydrogens is 284 g/mol. The highest BCUT2D eigenvalue weighted by Crippen LogP contribution is 2.20. The lowest BCUT2D eigenvalue weighted by Crippen LogP contribution is -2.32. The third kappa shape index (κ3) is 2.74. The summed E-state index contributed by atoms with van der Waals surface area (Å²) in [7, 11) is 0. The first-order valence-corrected chi connectivity index (χ1v) is 7.46. The van der Waals surface area contributed by atoms with Crippen molar-refractivity contribution in [2.45, 2.75) is 0 Å².